The standard InChI is InChI=1S/C14H20ClN3S/c1-4-11-14(15)12(18(5-2)17-11)9-16-10(3)13-7-6-8-19-13/h6-8,10,16H,4-5,9H2,1-3H3/t10-/m1/s1. The lowest BCUT2D eigenvalue weighted by Gasteiger charge is -2.13. The minimum atomic E-state index is 0.335. The Hall–Kier alpha value is -0.840. The molecule has 2 aromatic heterocycles. The van der Waals surface area contributed by atoms with Gasteiger partial charge in [-0.25, -0.2) is 0 Å². The lowest BCUT2D eigenvalue weighted by Crippen LogP contribution is -2.19. The van der Waals surface area contributed by atoms with Crippen molar-refractivity contribution in [2.24, 2.45) is 0 Å². The van der Waals surface area contributed by atoms with Gasteiger partial charge in [-0.3, -0.25) is 4.68 Å². The van der Waals surface area contributed by atoms with Crippen molar-refractivity contribution in [2.75, 3.05) is 0 Å². The van der Waals surface area contributed by atoms with Crippen molar-refractivity contribution in [2.45, 2.75) is 46.3 Å². The monoisotopic (exact) mass is 297 g/mol. The van der Waals surface area contributed by atoms with Gasteiger partial charge in [0.05, 0.1) is 16.4 Å². The number of hydrogen-bond acceptors (Lipinski definition) is 3. The predicted octanol–water partition coefficient (Wildman–Crippen LogP) is 4.03. The molecule has 0 saturated carbocycles. The van der Waals surface area contributed by atoms with Crippen LogP contribution in [0.1, 0.15) is 43.1 Å². The Labute approximate surface area is 123 Å². The molecule has 0 saturated heterocycles. The molecule has 0 aliphatic rings. The van der Waals surface area contributed by atoms with Gasteiger partial charge in [0.2, 0.25) is 0 Å². The van der Waals surface area contributed by atoms with E-state index in [9.17, 15) is 0 Å². The molecular formula is C14H20ClN3S. The number of aromatic nitrogens is 2. The van der Waals surface area contributed by atoms with E-state index in [4.69, 9.17) is 11.6 Å². The number of thiophene rings is 1. The van der Waals surface area contributed by atoms with Crippen LogP contribution < -0.4 is 5.32 Å². The van der Waals surface area contributed by atoms with Crippen LogP contribution in [0.4, 0.5) is 0 Å². The summed E-state index contributed by atoms with van der Waals surface area (Å²) in [5.74, 6) is 0. The molecule has 0 aromatic carbocycles. The number of hydrogen-bond donors (Lipinski definition) is 1. The fourth-order valence-electron chi connectivity index (χ4n) is 2.07. The van der Waals surface area contributed by atoms with Crippen LogP contribution in [0.3, 0.4) is 0 Å². The van der Waals surface area contributed by atoms with Gasteiger partial charge in [-0.1, -0.05) is 24.6 Å². The second kappa shape index (κ2) is 6.55. The van der Waals surface area contributed by atoms with Gasteiger partial charge in [0.25, 0.3) is 0 Å². The summed E-state index contributed by atoms with van der Waals surface area (Å²) in [7, 11) is 0. The van der Waals surface area contributed by atoms with Gasteiger partial charge in [-0.15, -0.1) is 11.3 Å². The molecule has 104 valence electrons. The molecule has 0 aliphatic carbocycles. The van der Waals surface area contributed by atoms with Gasteiger partial charge in [-0.2, -0.15) is 5.10 Å². The maximum Gasteiger partial charge on any atom is 0.0863 e. The van der Waals surface area contributed by atoms with E-state index in [-0.39, 0.29) is 0 Å². The van der Waals surface area contributed by atoms with Crippen molar-refractivity contribution >= 4 is 22.9 Å². The fraction of sp³-hybridized carbons (Fsp3) is 0.500. The van der Waals surface area contributed by atoms with Crippen LogP contribution in [0.5, 0.6) is 0 Å². The van der Waals surface area contributed by atoms with Gasteiger partial charge in [0.1, 0.15) is 0 Å². The summed E-state index contributed by atoms with van der Waals surface area (Å²) in [5.41, 5.74) is 2.08. The lowest BCUT2D eigenvalue weighted by atomic mass is 10.2. The second-order valence-corrected chi connectivity index (χ2v) is 5.85. The average molecular weight is 298 g/mol. The minimum absolute atomic E-state index is 0.335. The third-order valence-electron chi connectivity index (χ3n) is 3.24. The molecule has 0 fully saturated rings. The highest BCUT2D eigenvalue weighted by Crippen LogP contribution is 2.23. The largest absolute Gasteiger partial charge is 0.304 e. The second-order valence-electron chi connectivity index (χ2n) is 4.49. The third-order valence-corrected chi connectivity index (χ3v) is 4.73. The smallest absolute Gasteiger partial charge is 0.0863 e. The first-order chi connectivity index (χ1) is 9.17. The first-order valence-electron chi connectivity index (χ1n) is 6.68. The first-order valence-corrected chi connectivity index (χ1v) is 7.93. The van der Waals surface area contributed by atoms with Crippen molar-refractivity contribution in [3.8, 4) is 0 Å². The zero-order chi connectivity index (χ0) is 13.8. The van der Waals surface area contributed by atoms with Crippen LogP contribution >= 0.6 is 22.9 Å². The summed E-state index contributed by atoms with van der Waals surface area (Å²) in [6, 6.07) is 4.57. The molecule has 0 unspecified atom stereocenters. The van der Waals surface area contributed by atoms with E-state index in [1.165, 1.54) is 4.88 Å². The summed E-state index contributed by atoms with van der Waals surface area (Å²) in [6.45, 7) is 7.95. The van der Waals surface area contributed by atoms with E-state index in [0.29, 0.717) is 6.04 Å². The van der Waals surface area contributed by atoms with Gasteiger partial charge in [0, 0.05) is 24.0 Å². The lowest BCUT2D eigenvalue weighted by molar-refractivity contribution is 0.535. The fourth-order valence-corrected chi connectivity index (χ4v) is 3.17. The van der Waals surface area contributed by atoms with Crippen molar-refractivity contribution in [3.05, 3.63) is 38.8 Å². The first kappa shape index (κ1) is 14.6. The molecule has 2 heterocycles. The van der Waals surface area contributed by atoms with Gasteiger partial charge in [0.15, 0.2) is 0 Å². The summed E-state index contributed by atoms with van der Waals surface area (Å²) in [5, 5.41) is 11.0. The normalized spacial score (nSPS) is 12.8. The molecule has 0 radical (unpaired) electrons. The van der Waals surface area contributed by atoms with Gasteiger partial charge in [-0.05, 0) is 31.7 Å². The van der Waals surface area contributed by atoms with E-state index < -0.39 is 0 Å². The summed E-state index contributed by atoms with van der Waals surface area (Å²) >= 11 is 8.17. The average Bonchev–Trinajstić information content (AvgIpc) is 3.04. The number of aryl methyl sites for hydroxylation is 2. The van der Waals surface area contributed by atoms with Crippen LogP contribution in [0.2, 0.25) is 5.02 Å². The Morgan fingerprint density at radius 2 is 2.26 bits per heavy atom. The molecule has 1 atom stereocenters. The van der Waals surface area contributed by atoms with Crippen LogP contribution in [0.15, 0.2) is 17.5 Å². The van der Waals surface area contributed by atoms with E-state index >= 15 is 0 Å². The third kappa shape index (κ3) is 3.19. The van der Waals surface area contributed by atoms with Crippen molar-refractivity contribution < 1.29 is 0 Å². The highest BCUT2D eigenvalue weighted by Gasteiger charge is 2.15. The molecular weight excluding hydrogens is 278 g/mol. The summed E-state index contributed by atoms with van der Waals surface area (Å²) < 4.78 is 2.00. The molecule has 5 heteroatoms. The highest BCUT2D eigenvalue weighted by molar-refractivity contribution is 7.10. The Bertz CT molecular complexity index is 519. The Morgan fingerprint density at radius 3 is 2.84 bits per heavy atom. The Morgan fingerprint density at radius 1 is 1.47 bits per heavy atom. The quantitative estimate of drug-likeness (QED) is 0.872. The molecule has 0 bridgehead atoms. The van der Waals surface area contributed by atoms with Gasteiger partial charge < -0.3 is 5.32 Å². The van der Waals surface area contributed by atoms with Crippen LogP contribution in [-0.4, -0.2) is 9.78 Å². The van der Waals surface area contributed by atoms with Crippen molar-refractivity contribution in [3.63, 3.8) is 0 Å². The van der Waals surface area contributed by atoms with E-state index in [2.05, 4.69) is 48.7 Å². The maximum atomic E-state index is 6.40. The molecule has 3 nitrogen and oxygen atoms in total. The number of nitrogens with one attached hydrogen (secondary N) is 1. The zero-order valence-electron chi connectivity index (χ0n) is 11.6. The molecule has 19 heavy (non-hydrogen) atoms. The van der Waals surface area contributed by atoms with Crippen LogP contribution in [-0.2, 0) is 19.5 Å². The molecule has 0 amide bonds. The predicted molar refractivity (Wildman–Crippen MR) is 81.9 cm³/mol. The van der Waals surface area contributed by atoms with Crippen molar-refractivity contribution in [1.29, 1.82) is 0 Å². The molecule has 0 aliphatic heterocycles. The van der Waals surface area contributed by atoms with Crippen LogP contribution in [0.25, 0.3) is 0 Å². The number of rotatable bonds is 6. The highest BCUT2D eigenvalue weighted by atomic mass is 35.5. The van der Waals surface area contributed by atoms with Crippen LogP contribution in [0, 0.1) is 0 Å². The molecule has 2 rings (SSSR count). The Kier molecular flexibility index (Phi) is 5.02. The van der Waals surface area contributed by atoms with E-state index in [0.717, 1.165) is 35.9 Å². The summed E-state index contributed by atoms with van der Waals surface area (Å²) in [6.07, 6.45) is 0.874. The SMILES string of the molecule is CCc1nn(CC)c(CN[C@H](C)c2cccs2)c1Cl. The zero-order valence-corrected chi connectivity index (χ0v) is 13.2. The minimum Gasteiger partial charge on any atom is -0.304 e. The molecule has 1 N–H and O–H groups in total. The van der Waals surface area contributed by atoms with E-state index in [1.54, 1.807) is 11.3 Å². The number of halogens is 1. The Balaban J connectivity index is 2.08. The van der Waals surface area contributed by atoms with Gasteiger partial charge >= 0.3 is 0 Å². The summed E-state index contributed by atoms with van der Waals surface area (Å²) in [4.78, 5) is 1.34. The maximum absolute atomic E-state index is 6.40. The number of nitrogens with zero attached hydrogens (tertiary/aromatic N) is 2. The molecule has 0 spiro atoms. The van der Waals surface area contributed by atoms with E-state index in [1.807, 2.05) is 4.68 Å². The topological polar surface area (TPSA) is 29.9 Å². The van der Waals surface area contributed by atoms with Crippen molar-refractivity contribution in [1.82, 2.24) is 15.1 Å². The molecule has 2 aromatic rings.